The van der Waals surface area contributed by atoms with Crippen molar-refractivity contribution in [2.24, 2.45) is 0 Å². The van der Waals surface area contributed by atoms with Gasteiger partial charge in [-0.05, 0) is 137 Å². The molecule has 0 aromatic rings. The summed E-state index contributed by atoms with van der Waals surface area (Å²) in [6.45, 7) is 29.6. The van der Waals surface area contributed by atoms with Crippen molar-refractivity contribution in [3.63, 3.8) is 0 Å². The summed E-state index contributed by atoms with van der Waals surface area (Å²) < 4.78 is 151. The van der Waals surface area contributed by atoms with E-state index in [2.05, 4.69) is 0 Å². The van der Waals surface area contributed by atoms with Crippen molar-refractivity contribution < 1.29 is 63.1 Å². The molecule has 4 fully saturated rings. The van der Waals surface area contributed by atoms with Gasteiger partial charge in [0.15, 0.2) is 25.0 Å². The van der Waals surface area contributed by atoms with Crippen molar-refractivity contribution in [1.82, 2.24) is 0 Å². The molecule has 10 nitrogen and oxygen atoms in total. The Labute approximate surface area is 331 Å². The summed E-state index contributed by atoms with van der Waals surface area (Å²) in [6.07, 6.45) is -8.97. The van der Waals surface area contributed by atoms with Gasteiger partial charge < -0.3 is 41.2 Å². The zero-order chi connectivity index (χ0) is 41.4. The molecule has 0 N–H and O–H groups in total. The van der Waals surface area contributed by atoms with Crippen molar-refractivity contribution in [2.75, 3.05) is 6.30 Å². The van der Waals surface area contributed by atoms with E-state index in [0.29, 0.717) is 0 Å². The highest BCUT2D eigenvalue weighted by Gasteiger charge is 2.75. The van der Waals surface area contributed by atoms with Gasteiger partial charge in [-0.15, -0.1) is 0 Å². The number of rotatable bonds is 8. The van der Waals surface area contributed by atoms with Gasteiger partial charge in [0, 0.05) is 5.54 Å². The van der Waals surface area contributed by atoms with Crippen molar-refractivity contribution in [1.29, 1.82) is 0 Å². The Kier molecular flexibility index (Phi) is 14.3. The molecule has 25 heteroatoms. The first-order valence-electron chi connectivity index (χ1n) is 19.2. The van der Waals surface area contributed by atoms with E-state index in [1.165, 1.54) is 0 Å². The maximum atomic E-state index is 18.4. The van der Waals surface area contributed by atoms with Gasteiger partial charge in [-0.1, -0.05) is 0 Å². The second kappa shape index (κ2) is 16.0. The van der Waals surface area contributed by atoms with Crippen LogP contribution in [0.15, 0.2) is 0 Å². The van der Waals surface area contributed by atoms with Crippen LogP contribution in [0.2, 0.25) is 121 Å². The van der Waals surface area contributed by atoms with E-state index in [1.807, 2.05) is 72.0 Å². The smallest absolute Gasteiger partial charge is 0.417 e. The summed E-state index contributed by atoms with van der Waals surface area (Å²) in [4.78, 5) is 0. The fourth-order valence-corrected chi connectivity index (χ4v) is 56.2. The van der Waals surface area contributed by atoms with E-state index in [4.69, 9.17) is 41.2 Å². The van der Waals surface area contributed by atoms with Gasteiger partial charge in [-0.3, -0.25) is 0 Å². The highest BCUT2D eigenvalue weighted by molar-refractivity contribution is 6.97. The SMILES string of the molecule is C[Si](C)(C)O[Si]1(C2CCC(F)C(F)C2)O[Si](C)(CF)O[Si](C)(C)O[Si]2(O[Si](C)(C)O[Si](C)(C)O[Si](O[Si](C)(C)C)(O[Si](C)(C)C)C3CC(F)CC2C3F)O1. The van der Waals surface area contributed by atoms with Crippen LogP contribution in [0.1, 0.15) is 32.1 Å². The van der Waals surface area contributed by atoms with E-state index >= 15 is 17.6 Å². The maximum Gasteiger partial charge on any atom is 0.482 e. The molecule has 2 saturated heterocycles. The zero-order valence-corrected chi connectivity index (χ0v) is 45.3. The number of fused-ring (bicyclic) bond motifs is 3. The first-order chi connectivity index (χ1) is 24.1. The minimum Gasteiger partial charge on any atom is -0.417 e. The second-order valence-electron chi connectivity index (χ2n) is 19.9. The molecule has 1 spiro atoms. The van der Waals surface area contributed by atoms with E-state index in [9.17, 15) is 4.39 Å². The normalized spacial score (nSPS) is 41.8. The van der Waals surface area contributed by atoms with Crippen molar-refractivity contribution in [3.8, 4) is 0 Å². The molecule has 318 valence electrons. The molecule has 2 aliphatic heterocycles. The Bertz CT molecular complexity index is 1310. The fourth-order valence-electron chi connectivity index (χ4n) is 8.21. The van der Waals surface area contributed by atoms with Crippen molar-refractivity contribution >= 4 is 85.6 Å². The van der Waals surface area contributed by atoms with Gasteiger partial charge in [-0.25, -0.2) is 22.0 Å². The predicted octanol–water partition coefficient (Wildman–Crippen LogP) is 9.63. The summed E-state index contributed by atoms with van der Waals surface area (Å²) in [7, 11) is -35.8. The lowest BCUT2D eigenvalue weighted by Crippen LogP contribution is -2.78. The van der Waals surface area contributed by atoms with Gasteiger partial charge in [-0.2, -0.15) is 0 Å². The summed E-state index contributed by atoms with van der Waals surface area (Å²) in [5, 5.41) is 0. The first-order valence-corrected chi connectivity index (χ1v) is 45.8. The molecule has 2 heterocycles. The lowest BCUT2D eigenvalue weighted by molar-refractivity contribution is 0.0513. The Balaban J connectivity index is 2.10. The van der Waals surface area contributed by atoms with Gasteiger partial charge in [0.25, 0.3) is 0 Å². The van der Waals surface area contributed by atoms with Crippen LogP contribution in [0.5, 0.6) is 0 Å². The summed E-state index contributed by atoms with van der Waals surface area (Å²) in [5.41, 5.74) is -3.42. The molecule has 2 aliphatic carbocycles. The van der Waals surface area contributed by atoms with Crippen molar-refractivity contribution in [2.45, 2.75) is 178 Å². The number of alkyl halides is 5. The standard InChI is InChI=1S/C29H67F5O10Si10/c1-45(2,3)35-52(24-17-18-25(32)26(33)21-24)43-51(16,22-30)39-50(14,15)42-54(44-52)28-20-23(31)19-27(29(28)34)53(36-46(4,5)6,37-47(7,8)9)40-48(10,11)38-49(12,13)41-54/h23-29H,17-22H2,1-16H3. The Morgan fingerprint density at radius 1 is 0.537 bits per heavy atom. The van der Waals surface area contributed by atoms with Crippen LogP contribution in [0, 0.1) is 0 Å². The van der Waals surface area contributed by atoms with E-state index in [-0.39, 0.29) is 32.1 Å². The third-order valence-electron chi connectivity index (χ3n) is 9.24. The molecular weight excluding hydrogens is 884 g/mol. The lowest BCUT2D eigenvalue weighted by atomic mass is 9.96. The Hall–Kier alpha value is 1.42. The molecule has 0 aromatic heterocycles. The summed E-state index contributed by atoms with van der Waals surface area (Å²) in [5.74, 6) is 0. The van der Waals surface area contributed by atoms with E-state index < -0.39 is 133 Å². The molecule has 0 radical (unpaired) electrons. The van der Waals surface area contributed by atoms with Gasteiger partial charge in [0.05, 0.1) is 11.1 Å². The Morgan fingerprint density at radius 3 is 1.50 bits per heavy atom. The van der Waals surface area contributed by atoms with Crippen LogP contribution in [0.25, 0.3) is 0 Å². The third-order valence-corrected chi connectivity index (χ3v) is 47.0. The van der Waals surface area contributed by atoms with Gasteiger partial charge in [0.1, 0.15) is 31.0 Å². The third kappa shape index (κ3) is 11.8. The monoisotopic (exact) mass is 950 g/mol. The molecule has 10 unspecified atom stereocenters. The van der Waals surface area contributed by atoms with Crippen LogP contribution in [0.3, 0.4) is 0 Å². The van der Waals surface area contributed by atoms with E-state index in [1.54, 1.807) is 32.7 Å². The predicted molar refractivity (Wildman–Crippen MR) is 222 cm³/mol. The average molecular weight is 952 g/mol. The maximum absolute atomic E-state index is 18.4. The van der Waals surface area contributed by atoms with Crippen LogP contribution < -0.4 is 0 Å². The number of halogens is 5. The molecular formula is C29H67F5O10Si10. The molecule has 0 aromatic carbocycles. The molecule has 10 atom stereocenters. The topological polar surface area (TPSA) is 92.3 Å². The largest absolute Gasteiger partial charge is 0.482 e. The summed E-state index contributed by atoms with van der Waals surface area (Å²) in [6, 6.07) is 0. The zero-order valence-electron chi connectivity index (χ0n) is 35.3. The summed E-state index contributed by atoms with van der Waals surface area (Å²) >= 11 is 0. The van der Waals surface area contributed by atoms with Crippen molar-refractivity contribution in [3.05, 3.63) is 0 Å². The quantitative estimate of drug-likeness (QED) is 0.173. The molecule has 4 rings (SSSR count). The van der Waals surface area contributed by atoms with Crippen LogP contribution in [0.4, 0.5) is 22.0 Å². The average Bonchev–Trinajstić information content (AvgIpc) is 2.89. The molecule has 2 saturated carbocycles. The first kappa shape index (κ1) is 48.1. The van der Waals surface area contributed by atoms with Gasteiger partial charge in [0.2, 0.25) is 0 Å². The lowest BCUT2D eigenvalue weighted by Gasteiger charge is -2.58. The number of hydrogen-bond acceptors (Lipinski definition) is 10. The highest BCUT2D eigenvalue weighted by atomic mass is 28.6. The van der Waals surface area contributed by atoms with Crippen LogP contribution >= 0.6 is 0 Å². The molecule has 2 bridgehead atoms. The molecule has 0 amide bonds. The Morgan fingerprint density at radius 2 is 1.02 bits per heavy atom. The molecule has 54 heavy (non-hydrogen) atoms. The van der Waals surface area contributed by atoms with Crippen LogP contribution in [-0.4, -0.2) is 117 Å². The van der Waals surface area contributed by atoms with E-state index in [0.717, 1.165) is 0 Å². The fraction of sp³-hybridized carbons (Fsp3) is 1.00. The number of hydrogen-bond donors (Lipinski definition) is 0. The molecule has 4 aliphatic rings. The van der Waals surface area contributed by atoms with Gasteiger partial charge >= 0.3 is 60.7 Å². The minimum absolute atomic E-state index is 0.105. The van der Waals surface area contributed by atoms with Crippen LogP contribution in [-0.2, 0) is 41.2 Å². The highest BCUT2D eigenvalue weighted by Crippen LogP contribution is 2.57. The minimum atomic E-state index is -4.78. The second-order valence-corrected chi connectivity index (χ2v) is 57.6.